The highest BCUT2D eigenvalue weighted by atomic mass is 32.1. The van der Waals surface area contributed by atoms with Crippen LogP contribution in [0.4, 0.5) is 10.1 Å². The lowest BCUT2D eigenvalue weighted by Gasteiger charge is -2.29. The molecule has 0 radical (unpaired) electrons. The van der Waals surface area contributed by atoms with Crippen molar-refractivity contribution >= 4 is 38.9 Å². The van der Waals surface area contributed by atoms with E-state index in [-0.39, 0.29) is 18.4 Å². The molecule has 0 unspecified atom stereocenters. The van der Waals surface area contributed by atoms with Crippen molar-refractivity contribution in [1.29, 1.82) is 0 Å². The minimum atomic E-state index is -0.935. The van der Waals surface area contributed by atoms with Crippen molar-refractivity contribution in [2.75, 3.05) is 19.7 Å². The number of pyridine rings is 1. The number of thiophene rings is 1. The Morgan fingerprint density at radius 2 is 2.15 bits per heavy atom. The molecule has 5 heterocycles. The van der Waals surface area contributed by atoms with Crippen LogP contribution in [0.1, 0.15) is 39.6 Å². The summed E-state index contributed by atoms with van der Waals surface area (Å²) in [6.07, 6.45) is 4.08. The van der Waals surface area contributed by atoms with E-state index in [9.17, 15) is 14.3 Å². The van der Waals surface area contributed by atoms with Gasteiger partial charge >= 0.3 is 5.97 Å². The molecule has 11 heteroatoms. The fraction of sp³-hybridized carbons (Fsp3) is 0.310. The van der Waals surface area contributed by atoms with Crippen LogP contribution in [-0.2, 0) is 24.4 Å². The summed E-state index contributed by atoms with van der Waals surface area (Å²) in [4.78, 5) is 27.5. The molecule has 0 spiro atoms. The average molecular weight is 560 g/mol. The summed E-state index contributed by atoms with van der Waals surface area (Å²) in [6, 6.07) is 11.6. The summed E-state index contributed by atoms with van der Waals surface area (Å²) in [7, 11) is 0. The van der Waals surface area contributed by atoms with Crippen molar-refractivity contribution in [3.8, 4) is 5.88 Å². The SMILES string of the molecule is [C-]#[N+]c1ccc(COc2cccc(C3=CCN(Cc4nc5sc(C(=O)O)cc5n4C[C@@H]4CCO4)CC3)n2)c(F)c1. The maximum Gasteiger partial charge on any atom is 0.346 e. The number of carboxylic acids is 1. The van der Waals surface area contributed by atoms with E-state index in [4.69, 9.17) is 21.0 Å². The number of hydrogen-bond acceptors (Lipinski definition) is 7. The fourth-order valence-corrected chi connectivity index (χ4v) is 5.75. The molecular formula is C29H26FN5O4S. The Morgan fingerprint density at radius 3 is 2.85 bits per heavy atom. The second-order valence-electron chi connectivity index (χ2n) is 9.78. The maximum atomic E-state index is 14.2. The van der Waals surface area contributed by atoms with Crippen molar-refractivity contribution in [1.82, 2.24) is 19.4 Å². The first-order chi connectivity index (χ1) is 19.5. The van der Waals surface area contributed by atoms with Gasteiger partial charge in [0.15, 0.2) is 5.69 Å². The van der Waals surface area contributed by atoms with Crippen molar-refractivity contribution < 1.29 is 23.8 Å². The smallest absolute Gasteiger partial charge is 0.346 e. The van der Waals surface area contributed by atoms with Gasteiger partial charge in [-0.05, 0) is 36.6 Å². The third-order valence-corrected chi connectivity index (χ3v) is 8.18. The zero-order valence-electron chi connectivity index (χ0n) is 21.5. The third kappa shape index (κ3) is 5.47. The summed E-state index contributed by atoms with van der Waals surface area (Å²) >= 11 is 1.20. The standard InChI is InChI=1S/C29H26FN5O4S/c1-31-20-6-5-19(22(30)13-20)17-39-27-4-2-3-23(32-27)18-7-10-34(11-8-18)16-26-33-28-24(14-25(40-28)29(36)37)35(26)15-21-9-12-38-21/h2-7,13-14,21H,8-12,15-17H2,(H,36,37)/t21-/m0/s1. The van der Waals surface area contributed by atoms with Gasteiger partial charge in [-0.15, -0.1) is 11.3 Å². The third-order valence-electron chi connectivity index (χ3n) is 7.17. The molecule has 0 bridgehead atoms. The molecule has 1 aromatic carbocycles. The quantitative estimate of drug-likeness (QED) is 0.269. The summed E-state index contributed by atoms with van der Waals surface area (Å²) in [5.74, 6) is -0.0794. The number of nitrogens with zero attached hydrogens (tertiary/aromatic N) is 5. The molecule has 1 fully saturated rings. The minimum absolute atomic E-state index is 0.0251. The van der Waals surface area contributed by atoms with E-state index in [2.05, 4.69) is 25.4 Å². The van der Waals surface area contributed by atoms with Gasteiger partial charge in [-0.25, -0.2) is 24.0 Å². The number of carbonyl (C=O) groups is 1. The van der Waals surface area contributed by atoms with Crippen LogP contribution >= 0.6 is 11.3 Å². The Morgan fingerprint density at radius 1 is 1.27 bits per heavy atom. The molecule has 2 aliphatic heterocycles. The Labute approximate surface area is 233 Å². The van der Waals surface area contributed by atoms with Crippen LogP contribution in [0.5, 0.6) is 5.88 Å². The molecule has 6 rings (SSSR count). The molecule has 0 saturated carbocycles. The number of hydrogen-bond donors (Lipinski definition) is 1. The van der Waals surface area contributed by atoms with E-state index in [0.29, 0.717) is 29.4 Å². The molecule has 0 aliphatic carbocycles. The summed E-state index contributed by atoms with van der Waals surface area (Å²) in [5, 5.41) is 9.41. The molecule has 4 aromatic rings. The number of benzene rings is 1. The number of carboxylic acid groups (broad SMARTS) is 1. The van der Waals surface area contributed by atoms with Crippen LogP contribution in [0.15, 0.2) is 48.5 Å². The molecule has 0 amide bonds. The van der Waals surface area contributed by atoms with E-state index in [1.54, 1.807) is 24.3 Å². The topological polar surface area (TPSA) is 94.1 Å². The number of aromatic carboxylic acids is 1. The van der Waals surface area contributed by atoms with E-state index in [1.165, 1.54) is 17.4 Å². The first-order valence-electron chi connectivity index (χ1n) is 13.0. The number of rotatable bonds is 9. The normalized spacial score (nSPS) is 17.3. The summed E-state index contributed by atoms with van der Waals surface area (Å²) < 4.78 is 27.7. The Hall–Kier alpha value is -4.11. The zero-order chi connectivity index (χ0) is 27.6. The van der Waals surface area contributed by atoms with Gasteiger partial charge in [0, 0.05) is 31.3 Å². The van der Waals surface area contributed by atoms with Crippen LogP contribution in [0.2, 0.25) is 0 Å². The van der Waals surface area contributed by atoms with Crippen molar-refractivity contribution in [2.24, 2.45) is 0 Å². The van der Waals surface area contributed by atoms with Gasteiger partial charge in [-0.3, -0.25) is 4.90 Å². The Bertz CT molecular complexity index is 1650. The number of imidazole rings is 1. The summed E-state index contributed by atoms with van der Waals surface area (Å²) in [5.41, 5.74) is 3.42. The second kappa shape index (κ2) is 11.2. The van der Waals surface area contributed by atoms with Crippen LogP contribution in [0.3, 0.4) is 0 Å². The molecule has 40 heavy (non-hydrogen) atoms. The monoisotopic (exact) mass is 559 g/mol. The highest BCUT2D eigenvalue weighted by Gasteiger charge is 2.25. The Kier molecular flexibility index (Phi) is 7.30. The first-order valence-corrected chi connectivity index (χ1v) is 13.8. The highest BCUT2D eigenvalue weighted by molar-refractivity contribution is 7.20. The molecule has 204 valence electrons. The van der Waals surface area contributed by atoms with Crippen molar-refractivity contribution in [3.63, 3.8) is 0 Å². The second-order valence-corrected chi connectivity index (χ2v) is 10.8. The lowest BCUT2D eigenvalue weighted by atomic mass is 10.0. The predicted octanol–water partition coefficient (Wildman–Crippen LogP) is 5.54. The van der Waals surface area contributed by atoms with Gasteiger partial charge in [0.25, 0.3) is 0 Å². The van der Waals surface area contributed by atoms with Crippen LogP contribution < -0.4 is 4.74 Å². The zero-order valence-corrected chi connectivity index (χ0v) is 22.4. The number of aromatic nitrogens is 3. The molecule has 1 N–H and O–H groups in total. The predicted molar refractivity (Wildman–Crippen MR) is 148 cm³/mol. The van der Waals surface area contributed by atoms with Crippen molar-refractivity contribution in [3.05, 3.63) is 87.7 Å². The lowest BCUT2D eigenvalue weighted by molar-refractivity contribution is -0.0591. The Balaban J connectivity index is 1.12. The van der Waals surface area contributed by atoms with Crippen molar-refractivity contribution in [2.45, 2.75) is 38.6 Å². The molecule has 9 nitrogen and oxygen atoms in total. The summed E-state index contributed by atoms with van der Waals surface area (Å²) in [6.45, 7) is 10.6. The fourth-order valence-electron chi connectivity index (χ4n) is 4.86. The number of fused-ring (bicyclic) bond motifs is 1. The van der Waals surface area contributed by atoms with E-state index in [1.807, 2.05) is 12.1 Å². The number of ether oxygens (including phenoxy) is 2. The minimum Gasteiger partial charge on any atom is -0.477 e. The first kappa shape index (κ1) is 26.1. The van der Waals surface area contributed by atoms with Crippen LogP contribution in [-0.4, -0.2) is 56.3 Å². The molecule has 3 aromatic heterocycles. The molecule has 2 aliphatic rings. The van der Waals surface area contributed by atoms with Gasteiger partial charge in [0.2, 0.25) is 5.88 Å². The van der Waals surface area contributed by atoms with Gasteiger partial charge < -0.3 is 19.1 Å². The highest BCUT2D eigenvalue weighted by Crippen LogP contribution is 2.30. The maximum absolute atomic E-state index is 14.2. The number of halogens is 1. The van der Waals surface area contributed by atoms with Gasteiger partial charge in [-0.1, -0.05) is 24.3 Å². The lowest BCUT2D eigenvalue weighted by Crippen LogP contribution is -2.33. The van der Waals surface area contributed by atoms with Crippen LogP contribution in [0, 0.1) is 12.4 Å². The van der Waals surface area contributed by atoms with Crippen LogP contribution in [0.25, 0.3) is 20.8 Å². The molecule has 1 atom stereocenters. The van der Waals surface area contributed by atoms with E-state index < -0.39 is 11.8 Å². The largest absolute Gasteiger partial charge is 0.477 e. The van der Waals surface area contributed by atoms with Gasteiger partial charge in [0.1, 0.15) is 28.0 Å². The molecular weight excluding hydrogens is 533 g/mol. The van der Waals surface area contributed by atoms with Gasteiger partial charge in [0.05, 0.1) is 37.0 Å². The van der Waals surface area contributed by atoms with E-state index in [0.717, 1.165) is 60.0 Å². The van der Waals surface area contributed by atoms with Gasteiger partial charge in [-0.2, -0.15) is 0 Å². The van der Waals surface area contributed by atoms with E-state index >= 15 is 0 Å². The molecule has 1 saturated heterocycles. The average Bonchev–Trinajstić information content (AvgIpc) is 3.49.